The fraction of sp³-hybridized carbons (Fsp3) is 0.353. The molecule has 0 bridgehead atoms. The highest BCUT2D eigenvalue weighted by atomic mass is 35.5. The van der Waals surface area contributed by atoms with Gasteiger partial charge in [-0.25, -0.2) is 0 Å². The van der Waals surface area contributed by atoms with Crippen molar-refractivity contribution in [1.82, 2.24) is 10.3 Å². The van der Waals surface area contributed by atoms with E-state index in [0.717, 1.165) is 25.1 Å². The molecule has 0 amide bonds. The highest BCUT2D eigenvalue weighted by Gasteiger charge is 2.29. The molecular weight excluding hydrogens is 335 g/mol. The van der Waals surface area contributed by atoms with Gasteiger partial charge in [0.1, 0.15) is 6.10 Å². The lowest BCUT2D eigenvalue weighted by Crippen LogP contribution is -2.21. The maximum absolute atomic E-state index is 6.29. The van der Waals surface area contributed by atoms with Crippen LogP contribution in [0.4, 0.5) is 0 Å². The van der Waals surface area contributed by atoms with Gasteiger partial charge in [-0.3, -0.25) is 4.98 Å². The summed E-state index contributed by atoms with van der Waals surface area (Å²) >= 11 is 12.1. The smallest absolute Gasteiger partial charge is 0.162 e. The Kier molecular flexibility index (Phi) is 5.26. The lowest BCUT2D eigenvalue weighted by molar-refractivity contribution is 0.139. The molecule has 0 unspecified atom stereocenters. The molecule has 2 aromatic rings. The maximum atomic E-state index is 6.29. The highest BCUT2D eigenvalue weighted by molar-refractivity contribution is 6.30. The topological polar surface area (TPSA) is 43.4 Å². The van der Waals surface area contributed by atoms with Crippen LogP contribution >= 0.6 is 23.2 Å². The Morgan fingerprint density at radius 1 is 1.17 bits per heavy atom. The van der Waals surface area contributed by atoms with E-state index < -0.39 is 0 Å². The lowest BCUT2D eigenvalue weighted by Gasteiger charge is -2.25. The molecule has 3 rings (SSSR count). The summed E-state index contributed by atoms with van der Waals surface area (Å²) in [5, 5.41) is 4.59. The van der Waals surface area contributed by atoms with E-state index in [0.29, 0.717) is 27.5 Å². The van der Waals surface area contributed by atoms with Gasteiger partial charge in [-0.15, -0.1) is 0 Å². The second kappa shape index (κ2) is 7.39. The molecule has 1 aromatic heterocycles. The summed E-state index contributed by atoms with van der Waals surface area (Å²) < 4.78 is 11.7. The monoisotopic (exact) mass is 352 g/mol. The number of nitrogens with zero attached hydrogens (tertiary/aromatic N) is 1. The van der Waals surface area contributed by atoms with Crippen LogP contribution in [-0.2, 0) is 0 Å². The Morgan fingerprint density at radius 3 is 2.74 bits per heavy atom. The fourth-order valence-electron chi connectivity index (χ4n) is 2.83. The van der Waals surface area contributed by atoms with Gasteiger partial charge < -0.3 is 14.8 Å². The van der Waals surface area contributed by atoms with Crippen LogP contribution in [0.25, 0.3) is 0 Å². The van der Waals surface area contributed by atoms with E-state index in [-0.39, 0.29) is 6.10 Å². The van der Waals surface area contributed by atoms with Crippen molar-refractivity contribution in [3.05, 3.63) is 52.3 Å². The molecule has 1 aliphatic heterocycles. The van der Waals surface area contributed by atoms with Crippen LogP contribution in [0.2, 0.25) is 10.0 Å². The van der Waals surface area contributed by atoms with Crippen molar-refractivity contribution in [2.24, 2.45) is 5.92 Å². The molecule has 0 radical (unpaired) electrons. The minimum absolute atomic E-state index is 0.147. The highest BCUT2D eigenvalue weighted by Crippen LogP contribution is 2.37. The number of hydrogen-bond acceptors (Lipinski definition) is 4. The number of hydrogen-bond donors (Lipinski definition) is 1. The Balaban J connectivity index is 1.93. The number of ether oxygens (including phenoxy) is 2. The van der Waals surface area contributed by atoms with Gasteiger partial charge in [0, 0.05) is 41.5 Å². The quantitative estimate of drug-likeness (QED) is 0.878. The number of aromatic nitrogens is 1. The number of nitrogens with one attached hydrogen (secondary N) is 1. The van der Waals surface area contributed by atoms with Crippen molar-refractivity contribution in [2.75, 3.05) is 20.2 Å². The Bertz CT molecular complexity index is 675. The molecule has 4 nitrogen and oxygen atoms in total. The summed E-state index contributed by atoms with van der Waals surface area (Å²) in [5.74, 6) is 1.62. The summed E-state index contributed by atoms with van der Waals surface area (Å²) in [7, 11) is 1.60. The first-order chi connectivity index (χ1) is 11.2. The normalized spacial score (nSPS) is 18.7. The lowest BCUT2D eigenvalue weighted by atomic mass is 9.96. The standard InChI is InChI=1S/C17H18Cl2N2O2/c1-22-16-7-13(18)2-3-15(16)23-17(11-4-5-20-8-11)12-6-14(19)10-21-9-12/h2-3,6-7,9-11,17,20H,4-5,8H2,1H3/t11-,17+/m1/s1. The van der Waals surface area contributed by atoms with Crippen molar-refractivity contribution >= 4 is 23.2 Å². The fourth-order valence-corrected chi connectivity index (χ4v) is 3.18. The number of methoxy groups -OCH3 is 1. The molecule has 1 N–H and O–H groups in total. The van der Waals surface area contributed by atoms with Crippen LogP contribution < -0.4 is 14.8 Å². The molecule has 6 heteroatoms. The summed E-state index contributed by atoms with van der Waals surface area (Å²) in [4.78, 5) is 4.19. The first-order valence-electron chi connectivity index (χ1n) is 7.48. The van der Waals surface area contributed by atoms with Crippen molar-refractivity contribution < 1.29 is 9.47 Å². The Hall–Kier alpha value is -1.49. The molecule has 0 saturated carbocycles. The molecule has 23 heavy (non-hydrogen) atoms. The summed E-state index contributed by atoms with van der Waals surface area (Å²) in [5.41, 5.74) is 0.961. The molecule has 1 fully saturated rings. The number of halogens is 2. The molecule has 0 aliphatic carbocycles. The van der Waals surface area contributed by atoms with E-state index in [2.05, 4.69) is 10.3 Å². The van der Waals surface area contributed by atoms with E-state index in [1.807, 2.05) is 12.1 Å². The number of pyridine rings is 1. The van der Waals surface area contributed by atoms with Gasteiger partial charge in [0.05, 0.1) is 12.1 Å². The van der Waals surface area contributed by atoms with E-state index in [9.17, 15) is 0 Å². The number of benzene rings is 1. The summed E-state index contributed by atoms with van der Waals surface area (Å²) in [6.07, 6.45) is 4.31. The molecule has 1 aromatic carbocycles. The van der Waals surface area contributed by atoms with Crippen molar-refractivity contribution in [1.29, 1.82) is 0 Å². The van der Waals surface area contributed by atoms with E-state index in [4.69, 9.17) is 32.7 Å². The zero-order chi connectivity index (χ0) is 16.2. The van der Waals surface area contributed by atoms with Gasteiger partial charge in [0.2, 0.25) is 0 Å². The second-order valence-electron chi connectivity index (χ2n) is 5.52. The van der Waals surface area contributed by atoms with Crippen LogP contribution in [-0.4, -0.2) is 25.2 Å². The van der Waals surface area contributed by atoms with Gasteiger partial charge in [0.25, 0.3) is 0 Å². The molecule has 0 spiro atoms. The van der Waals surface area contributed by atoms with Crippen LogP contribution in [0.5, 0.6) is 11.5 Å². The van der Waals surface area contributed by atoms with E-state index >= 15 is 0 Å². The number of rotatable bonds is 5. The maximum Gasteiger partial charge on any atom is 0.162 e. The molecule has 1 saturated heterocycles. The van der Waals surface area contributed by atoms with Crippen LogP contribution in [0.1, 0.15) is 18.1 Å². The second-order valence-corrected chi connectivity index (χ2v) is 6.40. The van der Waals surface area contributed by atoms with Crippen molar-refractivity contribution in [2.45, 2.75) is 12.5 Å². The van der Waals surface area contributed by atoms with E-state index in [1.165, 1.54) is 0 Å². The Labute approximate surface area is 145 Å². The first kappa shape index (κ1) is 16.4. The zero-order valence-corrected chi connectivity index (χ0v) is 14.3. The van der Waals surface area contributed by atoms with Gasteiger partial charge >= 0.3 is 0 Å². The van der Waals surface area contributed by atoms with Crippen LogP contribution in [0.3, 0.4) is 0 Å². The SMILES string of the molecule is COc1cc(Cl)ccc1O[C@H](c1cncc(Cl)c1)[C@@H]1CCNC1. The summed E-state index contributed by atoms with van der Waals surface area (Å²) in [6, 6.07) is 7.27. The zero-order valence-electron chi connectivity index (χ0n) is 12.8. The minimum atomic E-state index is -0.147. The van der Waals surface area contributed by atoms with Crippen LogP contribution in [0.15, 0.2) is 36.7 Å². The third kappa shape index (κ3) is 3.89. The summed E-state index contributed by atoms with van der Waals surface area (Å²) in [6.45, 7) is 1.88. The van der Waals surface area contributed by atoms with Gasteiger partial charge in [-0.2, -0.15) is 0 Å². The first-order valence-corrected chi connectivity index (χ1v) is 8.24. The minimum Gasteiger partial charge on any atom is -0.493 e. The van der Waals surface area contributed by atoms with Crippen molar-refractivity contribution in [3.63, 3.8) is 0 Å². The van der Waals surface area contributed by atoms with Gasteiger partial charge in [-0.1, -0.05) is 23.2 Å². The van der Waals surface area contributed by atoms with Gasteiger partial charge in [0.15, 0.2) is 11.5 Å². The van der Waals surface area contributed by atoms with Gasteiger partial charge in [-0.05, 0) is 31.2 Å². The predicted molar refractivity (Wildman–Crippen MR) is 91.6 cm³/mol. The van der Waals surface area contributed by atoms with E-state index in [1.54, 1.807) is 31.6 Å². The Morgan fingerprint density at radius 2 is 2.04 bits per heavy atom. The largest absolute Gasteiger partial charge is 0.493 e. The average molecular weight is 353 g/mol. The third-order valence-corrected chi connectivity index (χ3v) is 4.40. The predicted octanol–water partition coefficient (Wildman–Crippen LogP) is 4.13. The van der Waals surface area contributed by atoms with Crippen LogP contribution in [0, 0.1) is 5.92 Å². The third-order valence-electron chi connectivity index (χ3n) is 3.96. The molecule has 1 aliphatic rings. The molecule has 2 atom stereocenters. The molecular formula is C17H18Cl2N2O2. The van der Waals surface area contributed by atoms with Crippen molar-refractivity contribution in [3.8, 4) is 11.5 Å². The average Bonchev–Trinajstić information content (AvgIpc) is 3.07. The molecule has 122 valence electrons. The molecule has 2 heterocycles.